The van der Waals surface area contributed by atoms with Gasteiger partial charge in [0.15, 0.2) is 0 Å². The standard InChI is InChI=1S/C17H25NOS/c19-16(11-14-5-1-2-6-14)18-13-17(8-3-4-9-17)15-7-10-20-12-15/h7,10,12,14H,1-6,8-9,11,13H2,(H,18,19). The van der Waals surface area contributed by atoms with Crippen molar-refractivity contribution in [3.8, 4) is 0 Å². The van der Waals surface area contributed by atoms with Crippen molar-refractivity contribution < 1.29 is 4.79 Å². The van der Waals surface area contributed by atoms with Crippen molar-refractivity contribution in [3.05, 3.63) is 22.4 Å². The summed E-state index contributed by atoms with van der Waals surface area (Å²) in [5.74, 6) is 0.925. The van der Waals surface area contributed by atoms with Crippen LogP contribution >= 0.6 is 11.3 Å². The Hall–Kier alpha value is -0.830. The SMILES string of the molecule is O=C(CC1CCCC1)NCC1(c2ccsc2)CCCC1. The van der Waals surface area contributed by atoms with E-state index in [9.17, 15) is 4.79 Å². The van der Waals surface area contributed by atoms with Gasteiger partial charge < -0.3 is 5.32 Å². The number of hydrogen-bond acceptors (Lipinski definition) is 2. The van der Waals surface area contributed by atoms with E-state index in [1.54, 1.807) is 11.3 Å². The van der Waals surface area contributed by atoms with Crippen molar-refractivity contribution in [1.82, 2.24) is 5.32 Å². The summed E-state index contributed by atoms with van der Waals surface area (Å²) in [6.07, 6.45) is 10.9. The number of hydrogen-bond donors (Lipinski definition) is 1. The van der Waals surface area contributed by atoms with Crippen molar-refractivity contribution in [2.45, 2.75) is 63.2 Å². The van der Waals surface area contributed by atoms with Gasteiger partial charge in [-0.25, -0.2) is 0 Å². The minimum atomic E-state index is 0.228. The quantitative estimate of drug-likeness (QED) is 0.863. The molecule has 20 heavy (non-hydrogen) atoms. The predicted molar refractivity (Wildman–Crippen MR) is 84.0 cm³/mol. The predicted octanol–water partition coefficient (Wildman–Crippen LogP) is 4.26. The molecule has 0 aliphatic heterocycles. The minimum absolute atomic E-state index is 0.228. The van der Waals surface area contributed by atoms with E-state index in [2.05, 4.69) is 22.1 Å². The molecule has 110 valence electrons. The van der Waals surface area contributed by atoms with Crippen LogP contribution in [0, 0.1) is 5.92 Å². The molecule has 2 aliphatic rings. The highest BCUT2D eigenvalue weighted by Crippen LogP contribution is 2.41. The molecule has 2 saturated carbocycles. The topological polar surface area (TPSA) is 29.1 Å². The third kappa shape index (κ3) is 3.08. The van der Waals surface area contributed by atoms with Crippen molar-refractivity contribution in [2.75, 3.05) is 6.54 Å². The van der Waals surface area contributed by atoms with E-state index >= 15 is 0 Å². The van der Waals surface area contributed by atoms with Gasteiger partial charge in [0.1, 0.15) is 0 Å². The van der Waals surface area contributed by atoms with Crippen LogP contribution in [0.4, 0.5) is 0 Å². The van der Waals surface area contributed by atoms with E-state index in [1.807, 2.05) is 0 Å². The number of carbonyl (C=O) groups excluding carboxylic acids is 1. The summed E-state index contributed by atoms with van der Waals surface area (Å²) < 4.78 is 0. The van der Waals surface area contributed by atoms with Gasteiger partial charge in [0, 0.05) is 18.4 Å². The smallest absolute Gasteiger partial charge is 0.220 e. The van der Waals surface area contributed by atoms with Gasteiger partial charge in [0.25, 0.3) is 0 Å². The monoisotopic (exact) mass is 291 g/mol. The average molecular weight is 291 g/mol. The normalized spacial score (nSPS) is 22.2. The van der Waals surface area contributed by atoms with Gasteiger partial charge in [-0.2, -0.15) is 11.3 Å². The second-order valence-electron chi connectivity index (χ2n) is 6.63. The maximum absolute atomic E-state index is 12.2. The van der Waals surface area contributed by atoms with E-state index in [4.69, 9.17) is 0 Å². The zero-order valence-corrected chi connectivity index (χ0v) is 13.0. The summed E-state index contributed by atoms with van der Waals surface area (Å²) in [5.41, 5.74) is 1.67. The molecule has 0 atom stereocenters. The van der Waals surface area contributed by atoms with Crippen LogP contribution in [-0.2, 0) is 10.2 Å². The summed E-state index contributed by atoms with van der Waals surface area (Å²) >= 11 is 1.77. The summed E-state index contributed by atoms with van der Waals surface area (Å²) in [5, 5.41) is 7.68. The lowest BCUT2D eigenvalue weighted by Crippen LogP contribution is -2.39. The van der Waals surface area contributed by atoms with Gasteiger partial charge in [-0.05, 0) is 54.0 Å². The molecule has 0 saturated heterocycles. The van der Waals surface area contributed by atoms with Gasteiger partial charge >= 0.3 is 0 Å². The Morgan fingerprint density at radius 2 is 2.00 bits per heavy atom. The first-order valence-corrected chi connectivity index (χ1v) is 9.02. The van der Waals surface area contributed by atoms with Gasteiger partial charge in [0.05, 0.1) is 0 Å². The lowest BCUT2D eigenvalue weighted by atomic mass is 9.80. The maximum Gasteiger partial charge on any atom is 0.220 e. The summed E-state index contributed by atoms with van der Waals surface area (Å²) in [6.45, 7) is 0.843. The van der Waals surface area contributed by atoms with E-state index in [0.717, 1.165) is 13.0 Å². The maximum atomic E-state index is 12.2. The van der Waals surface area contributed by atoms with Crippen LogP contribution in [0.3, 0.4) is 0 Å². The molecule has 1 aromatic rings. The molecule has 1 N–H and O–H groups in total. The molecule has 0 aromatic carbocycles. The lowest BCUT2D eigenvalue weighted by Gasteiger charge is -2.29. The average Bonchev–Trinajstić information content (AvgIpc) is 3.18. The molecule has 2 fully saturated rings. The Kier molecular flexibility index (Phi) is 4.45. The van der Waals surface area contributed by atoms with Gasteiger partial charge in [-0.1, -0.05) is 25.7 Å². The van der Waals surface area contributed by atoms with Crippen LogP contribution in [0.2, 0.25) is 0 Å². The highest BCUT2D eigenvalue weighted by molar-refractivity contribution is 7.08. The third-order valence-electron chi connectivity index (χ3n) is 5.27. The van der Waals surface area contributed by atoms with Crippen LogP contribution in [0.5, 0.6) is 0 Å². The Morgan fingerprint density at radius 1 is 1.25 bits per heavy atom. The third-order valence-corrected chi connectivity index (χ3v) is 5.95. The number of thiophene rings is 1. The second kappa shape index (κ2) is 6.30. The van der Waals surface area contributed by atoms with Crippen LogP contribution in [-0.4, -0.2) is 12.5 Å². The molecule has 0 spiro atoms. The highest BCUT2D eigenvalue weighted by atomic mass is 32.1. The zero-order chi connectivity index (χ0) is 13.8. The molecule has 1 heterocycles. The molecule has 3 heteroatoms. The van der Waals surface area contributed by atoms with Crippen LogP contribution < -0.4 is 5.32 Å². The van der Waals surface area contributed by atoms with E-state index < -0.39 is 0 Å². The molecular formula is C17H25NOS. The molecule has 1 amide bonds. The van der Waals surface area contributed by atoms with Crippen molar-refractivity contribution in [1.29, 1.82) is 0 Å². The molecule has 2 nitrogen and oxygen atoms in total. The van der Waals surface area contributed by atoms with Gasteiger partial charge in [-0.3, -0.25) is 4.79 Å². The molecular weight excluding hydrogens is 266 g/mol. The van der Waals surface area contributed by atoms with E-state index in [1.165, 1.54) is 56.9 Å². The minimum Gasteiger partial charge on any atom is -0.355 e. The fraction of sp³-hybridized carbons (Fsp3) is 0.706. The lowest BCUT2D eigenvalue weighted by molar-refractivity contribution is -0.122. The molecule has 1 aromatic heterocycles. The number of carbonyl (C=O) groups is 1. The summed E-state index contributed by atoms with van der Waals surface area (Å²) in [6, 6.07) is 2.25. The van der Waals surface area contributed by atoms with Crippen molar-refractivity contribution >= 4 is 17.2 Å². The Morgan fingerprint density at radius 3 is 2.65 bits per heavy atom. The Bertz CT molecular complexity index is 428. The first-order valence-electron chi connectivity index (χ1n) is 8.08. The fourth-order valence-electron chi connectivity index (χ4n) is 4.00. The van der Waals surface area contributed by atoms with Crippen molar-refractivity contribution in [3.63, 3.8) is 0 Å². The largest absolute Gasteiger partial charge is 0.355 e. The van der Waals surface area contributed by atoms with E-state index in [0.29, 0.717) is 5.92 Å². The molecule has 3 rings (SSSR count). The molecule has 0 bridgehead atoms. The first-order chi connectivity index (χ1) is 9.78. The summed E-state index contributed by atoms with van der Waals surface area (Å²) in [4.78, 5) is 12.2. The zero-order valence-electron chi connectivity index (χ0n) is 12.2. The Labute approximate surface area is 126 Å². The van der Waals surface area contributed by atoms with Gasteiger partial charge in [-0.15, -0.1) is 0 Å². The van der Waals surface area contributed by atoms with Crippen molar-refractivity contribution in [2.24, 2.45) is 5.92 Å². The second-order valence-corrected chi connectivity index (χ2v) is 7.41. The highest BCUT2D eigenvalue weighted by Gasteiger charge is 2.36. The van der Waals surface area contributed by atoms with Gasteiger partial charge in [0.2, 0.25) is 5.91 Å². The first kappa shape index (κ1) is 14.1. The molecule has 2 aliphatic carbocycles. The number of rotatable bonds is 5. The van der Waals surface area contributed by atoms with Crippen LogP contribution in [0.25, 0.3) is 0 Å². The molecule has 0 unspecified atom stereocenters. The van der Waals surface area contributed by atoms with Crippen LogP contribution in [0.1, 0.15) is 63.4 Å². The summed E-state index contributed by atoms with van der Waals surface area (Å²) in [7, 11) is 0. The number of nitrogens with one attached hydrogen (secondary N) is 1. The molecule has 0 radical (unpaired) electrons. The van der Waals surface area contributed by atoms with Crippen LogP contribution in [0.15, 0.2) is 16.8 Å². The fourth-order valence-corrected chi connectivity index (χ4v) is 4.78. The van der Waals surface area contributed by atoms with E-state index in [-0.39, 0.29) is 11.3 Å². The number of amides is 1. The Balaban J connectivity index is 1.56.